The highest BCUT2D eigenvalue weighted by Crippen LogP contribution is 2.16. The van der Waals surface area contributed by atoms with Gasteiger partial charge in [-0.25, -0.2) is 0 Å². The van der Waals surface area contributed by atoms with Gasteiger partial charge in [-0.3, -0.25) is 4.21 Å². The van der Waals surface area contributed by atoms with Crippen LogP contribution in [0.25, 0.3) is 0 Å². The molecule has 0 heterocycles. The quantitative estimate of drug-likeness (QED) is 0.787. The van der Waals surface area contributed by atoms with E-state index in [0.717, 1.165) is 16.0 Å². The van der Waals surface area contributed by atoms with E-state index in [0.29, 0.717) is 5.75 Å². The van der Waals surface area contributed by atoms with Gasteiger partial charge in [0.05, 0.1) is 22.8 Å². The van der Waals surface area contributed by atoms with Crippen LogP contribution in [0.4, 0.5) is 0 Å². The number of nitriles is 1. The standard InChI is InChI=1S/C12H15NOS/c1-9-4-5-11(3)12(6-9)15(14)8-10(2)7-13/h4-6,10H,8H2,1-3H3. The Morgan fingerprint density at radius 3 is 2.73 bits per heavy atom. The lowest BCUT2D eigenvalue weighted by Gasteiger charge is -2.07. The minimum Gasteiger partial charge on any atom is -0.254 e. The first-order chi connectivity index (χ1) is 7.04. The number of nitrogens with zero attached hydrogens (tertiary/aromatic N) is 1. The fourth-order valence-corrected chi connectivity index (χ4v) is 2.76. The maximum Gasteiger partial charge on any atom is 0.0662 e. The SMILES string of the molecule is Cc1ccc(C)c(S(=O)CC(C)C#N)c1. The molecule has 0 fully saturated rings. The molecule has 0 aromatic heterocycles. The van der Waals surface area contributed by atoms with Crippen LogP contribution < -0.4 is 0 Å². The molecule has 0 N–H and O–H groups in total. The Kier molecular flexibility index (Phi) is 4.05. The van der Waals surface area contributed by atoms with Crippen LogP contribution >= 0.6 is 0 Å². The van der Waals surface area contributed by atoms with E-state index in [9.17, 15) is 4.21 Å². The summed E-state index contributed by atoms with van der Waals surface area (Å²) in [5.74, 6) is 0.256. The topological polar surface area (TPSA) is 40.9 Å². The summed E-state index contributed by atoms with van der Waals surface area (Å²) in [4.78, 5) is 0.858. The van der Waals surface area contributed by atoms with Crippen molar-refractivity contribution >= 4 is 10.8 Å². The Labute approximate surface area is 93.4 Å². The lowest BCUT2D eigenvalue weighted by molar-refractivity contribution is 0.675. The van der Waals surface area contributed by atoms with Gasteiger partial charge in [-0.05, 0) is 38.0 Å². The zero-order valence-corrected chi connectivity index (χ0v) is 10.1. The largest absolute Gasteiger partial charge is 0.254 e. The first kappa shape index (κ1) is 11.9. The molecule has 0 saturated heterocycles. The van der Waals surface area contributed by atoms with Crippen LogP contribution in [0.15, 0.2) is 23.1 Å². The van der Waals surface area contributed by atoms with Crippen molar-refractivity contribution in [1.82, 2.24) is 0 Å². The molecule has 0 amide bonds. The van der Waals surface area contributed by atoms with Crippen molar-refractivity contribution in [3.05, 3.63) is 29.3 Å². The summed E-state index contributed by atoms with van der Waals surface area (Å²) in [5.41, 5.74) is 2.14. The summed E-state index contributed by atoms with van der Waals surface area (Å²) in [5, 5.41) is 8.67. The average molecular weight is 221 g/mol. The second-order valence-corrected chi connectivity index (χ2v) is 5.28. The van der Waals surface area contributed by atoms with E-state index in [1.807, 2.05) is 32.0 Å². The highest BCUT2D eigenvalue weighted by molar-refractivity contribution is 7.85. The fourth-order valence-electron chi connectivity index (χ4n) is 1.31. The van der Waals surface area contributed by atoms with Crippen molar-refractivity contribution in [2.75, 3.05) is 5.75 Å². The molecule has 0 saturated carbocycles. The zero-order valence-electron chi connectivity index (χ0n) is 9.28. The van der Waals surface area contributed by atoms with Crippen molar-refractivity contribution in [3.63, 3.8) is 0 Å². The van der Waals surface area contributed by atoms with Gasteiger partial charge in [-0.1, -0.05) is 12.1 Å². The van der Waals surface area contributed by atoms with E-state index in [2.05, 4.69) is 6.07 Å². The van der Waals surface area contributed by atoms with Crippen molar-refractivity contribution in [3.8, 4) is 6.07 Å². The number of hydrogen-bond acceptors (Lipinski definition) is 2. The van der Waals surface area contributed by atoms with Gasteiger partial charge in [-0.2, -0.15) is 5.26 Å². The van der Waals surface area contributed by atoms with Crippen molar-refractivity contribution < 1.29 is 4.21 Å². The Balaban J connectivity index is 2.92. The summed E-state index contributed by atoms with van der Waals surface area (Å²) < 4.78 is 11.9. The molecule has 1 aromatic rings. The van der Waals surface area contributed by atoms with Gasteiger partial charge in [0, 0.05) is 10.6 Å². The van der Waals surface area contributed by atoms with Gasteiger partial charge in [0.15, 0.2) is 0 Å². The van der Waals surface area contributed by atoms with Crippen LogP contribution in [-0.4, -0.2) is 9.96 Å². The molecule has 0 radical (unpaired) electrons. The molecule has 0 aliphatic carbocycles. The number of aryl methyl sites for hydroxylation is 2. The van der Waals surface area contributed by atoms with Gasteiger partial charge < -0.3 is 0 Å². The molecular weight excluding hydrogens is 206 g/mol. The van der Waals surface area contributed by atoms with Gasteiger partial charge >= 0.3 is 0 Å². The van der Waals surface area contributed by atoms with Crippen LogP contribution in [-0.2, 0) is 10.8 Å². The highest BCUT2D eigenvalue weighted by atomic mass is 32.2. The molecule has 2 nitrogen and oxygen atoms in total. The lowest BCUT2D eigenvalue weighted by Crippen LogP contribution is -2.07. The Hall–Kier alpha value is -1.14. The second kappa shape index (κ2) is 5.09. The Morgan fingerprint density at radius 1 is 1.47 bits per heavy atom. The molecular formula is C12H15NOS. The predicted molar refractivity (Wildman–Crippen MR) is 62.0 cm³/mol. The third-order valence-corrected chi connectivity index (χ3v) is 3.94. The first-order valence-corrected chi connectivity index (χ1v) is 6.21. The van der Waals surface area contributed by atoms with Gasteiger partial charge in [0.25, 0.3) is 0 Å². The molecule has 0 aliphatic rings. The van der Waals surface area contributed by atoms with Crippen molar-refractivity contribution in [2.45, 2.75) is 25.7 Å². The Bertz CT molecular complexity index is 420. The minimum absolute atomic E-state index is 0.161. The molecule has 3 heteroatoms. The maximum atomic E-state index is 11.9. The van der Waals surface area contributed by atoms with Gasteiger partial charge in [0.2, 0.25) is 0 Å². The van der Waals surface area contributed by atoms with E-state index in [1.54, 1.807) is 6.92 Å². The molecule has 0 aliphatic heterocycles. The van der Waals surface area contributed by atoms with E-state index in [-0.39, 0.29) is 5.92 Å². The number of benzene rings is 1. The van der Waals surface area contributed by atoms with Gasteiger partial charge in [-0.15, -0.1) is 0 Å². The smallest absolute Gasteiger partial charge is 0.0662 e. The first-order valence-electron chi connectivity index (χ1n) is 4.90. The summed E-state index contributed by atoms with van der Waals surface area (Å²) in [6.45, 7) is 5.72. The second-order valence-electron chi connectivity index (χ2n) is 3.81. The highest BCUT2D eigenvalue weighted by Gasteiger charge is 2.11. The van der Waals surface area contributed by atoms with E-state index >= 15 is 0 Å². The molecule has 2 unspecified atom stereocenters. The van der Waals surface area contributed by atoms with Crippen molar-refractivity contribution in [1.29, 1.82) is 5.26 Å². The van der Waals surface area contributed by atoms with E-state index in [4.69, 9.17) is 5.26 Å². The van der Waals surface area contributed by atoms with E-state index in [1.165, 1.54) is 0 Å². The summed E-state index contributed by atoms with van der Waals surface area (Å²) in [6.07, 6.45) is 0. The molecule has 1 rings (SSSR count). The minimum atomic E-state index is -1.06. The van der Waals surface area contributed by atoms with Crippen LogP contribution in [0.2, 0.25) is 0 Å². The molecule has 1 aromatic carbocycles. The van der Waals surface area contributed by atoms with Crippen LogP contribution in [0, 0.1) is 31.1 Å². The Morgan fingerprint density at radius 2 is 2.13 bits per heavy atom. The normalized spacial score (nSPS) is 14.3. The number of hydrogen-bond donors (Lipinski definition) is 0. The van der Waals surface area contributed by atoms with Crippen molar-refractivity contribution in [2.24, 2.45) is 5.92 Å². The zero-order chi connectivity index (χ0) is 11.4. The summed E-state index contributed by atoms with van der Waals surface area (Å²) in [7, 11) is -1.06. The molecule has 15 heavy (non-hydrogen) atoms. The van der Waals surface area contributed by atoms with Crippen LogP contribution in [0.5, 0.6) is 0 Å². The third-order valence-electron chi connectivity index (χ3n) is 2.21. The average Bonchev–Trinajstić information content (AvgIpc) is 2.21. The molecule has 0 spiro atoms. The van der Waals surface area contributed by atoms with Crippen LogP contribution in [0.3, 0.4) is 0 Å². The van der Waals surface area contributed by atoms with E-state index < -0.39 is 10.8 Å². The van der Waals surface area contributed by atoms with Crippen LogP contribution in [0.1, 0.15) is 18.1 Å². The molecule has 0 bridgehead atoms. The lowest BCUT2D eigenvalue weighted by atomic mass is 10.2. The predicted octanol–water partition coefficient (Wildman–Crippen LogP) is 2.57. The third kappa shape index (κ3) is 3.17. The van der Waals surface area contributed by atoms with Gasteiger partial charge in [0.1, 0.15) is 0 Å². The maximum absolute atomic E-state index is 11.9. The summed E-state index contributed by atoms with van der Waals surface area (Å²) >= 11 is 0. The molecule has 2 atom stereocenters. The summed E-state index contributed by atoms with van der Waals surface area (Å²) in [6, 6.07) is 8.02. The monoisotopic (exact) mass is 221 g/mol. The number of rotatable bonds is 3. The molecule has 80 valence electrons. The fraction of sp³-hybridized carbons (Fsp3) is 0.417.